The largest absolute Gasteiger partial charge is 0.461 e. The molecule has 0 bridgehead atoms. The predicted octanol–water partition coefficient (Wildman–Crippen LogP) is 1.28. The molecule has 2 heterocycles. The Kier molecular flexibility index (Phi) is 3.97. The van der Waals surface area contributed by atoms with Crippen molar-refractivity contribution in [1.29, 1.82) is 0 Å². The first-order chi connectivity index (χ1) is 7.36. The van der Waals surface area contributed by atoms with Gasteiger partial charge in [0.15, 0.2) is 6.10 Å². The van der Waals surface area contributed by atoms with Crippen molar-refractivity contribution in [2.45, 2.75) is 44.3 Å². The van der Waals surface area contributed by atoms with Gasteiger partial charge in [0.25, 0.3) is 0 Å². The van der Waals surface area contributed by atoms with E-state index in [2.05, 4.69) is 0 Å². The van der Waals surface area contributed by atoms with Gasteiger partial charge in [-0.15, -0.1) is 0 Å². The minimum atomic E-state index is -0.325. The van der Waals surface area contributed by atoms with Gasteiger partial charge in [-0.3, -0.25) is 0 Å². The van der Waals surface area contributed by atoms with Gasteiger partial charge in [0.05, 0.1) is 6.10 Å². The summed E-state index contributed by atoms with van der Waals surface area (Å²) in [4.78, 5) is 11.5. The Bertz CT molecular complexity index is 205. The van der Waals surface area contributed by atoms with E-state index in [1.807, 2.05) is 0 Å². The third-order valence-corrected chi connectivity index (χ3v) is 2.88. The van der Waals surface area contributed by atoms with E-state index in [9.17, 15) is 4.79 Å². The van der Waals surface area contributed by atoms with Gasteiger partial charge in [-0.05, 0) is 32.1 Å². The van der Waals surface area contributed by atoms with Crippen molar-refractivity contribution < 1.29 is 19.0 Å². The average Bonchev–Trinajstić information content (AvgIpc) is 2.81. The highest BCUT2D eigenvalue weighted by Crippen LogP contribution is 2.16. The number of ether oxygens (including phenoxy) is 3. The van der Waals surface area contributed by atoms with Gasteiger partial charge in [0, 0.05) is 13.2 Å². The average molecular weight is 214 g/mol. The van der Waals surface area contributed by atoms with Crippen LogP contribution in [0.3, 0.4) is 0 Å². The first-order valence-corrected chi connectivity index (χ1v) is 5.76. The number of hydrogen-bond acceptors (Lipinski definition) is 4. The van der Waals surface area contributed by atoms with Crippen molar-refractivity contribution in [3.8, 4) is 0 Å². The zero-order chi connectivity index (χ0) is 10.5. The van der Waals surface area contributed by atoms with E-state index in [4.69, 9.17) is 14.2 Å². The molecule has 0 radical (unpaired) electrons. The Balaban J connectivity index is 1.65. The van der Waals surface area contributed by atoms with Crippen LogP contribution in [-0.2, 0) is 19.0 Å². The van der Waals surface area contributed by atoms with E-state index in [1.54, 1.807) is 0 Å². The molecular formula is C11H18O4. The molecule has 2 saturated heterocycles. The summed E-state index contributed by atoms with van der Waals surface area (Å²) in [7, 11) is 0. The Hall–Kier alpha value is -0.610. The highest BCUT2D eigenvalue weighted by molar-refractivity contribution is 5.74. The highest BCUT2D eigenvalue weighted by Gasteiger charge is 2.26. The van der Waals surface area contributed by atoms with Gasteiger partial charge in [0.2, 0.25) is 0 Å². The van der Waals surface area contributed by atoms with Crippen molar-refractivity contribution in [2.24, 2.45) is 0 Å². The van der Waals surface area contributed by atoms with Gasteiger partial charge < -0.3 is 14.2 Å². The second-order valence-electron chi connectivity index (χ2n) is 4.12. The van der Waals surface area contributed by atoms with Crippen LogP contribution >= 0.6 is 0 Å². The quantitative estimate of drug-likeness (QED) is 0.664. The fourth-order valence-corrected chi connectivity index (χ4v) is 1.97. The smallest absolute Gasteiger partial charge is 0.335 e. The Morgan fingerprint density at radius 2 is 2.00 bits per heavy atom. The molecule has 0 spiro atoms. The molecule has 0 aromatic heterocycles. The molecule has 2 aliphatic heterocycles. The lowest BCUT2D eigenvalue weighted by molar-refractivity contribution is -0.159. The maximum atomic E-state index is 11.5. The lowest BCUT2D eigenvalue weighted by atomic mass is 10.1. The minimum absolute atomic E-state index is 0.101. The summed E-state index contributed by atoms with van der Waals surface area (Å²) in [5.41, 5.74) is 0. The maximum absolute atomic E-state index is 11.5. The third kappa shape index (κ3) is 3.18. The van der Waals surface area contributed by atoms with Crippen LogP contribution in [0, 0.1) is 0 Å². The summed E-state index contributed by atoms with van der Waals surface area (Å²) in [6.45, 7) is 1.86. The van der Waals surface area contributed by atoms with Crippen LogP contribution < -0.4 is 0 Å². The number of carbonyl (C=O) groups excluding carboxylic acids is 1. The molecule has 2 aliphatic rings. The van der Waals surface area contributed by atoms with Crippen LogP contribution in [0.2, 0.25) is 0 Å². The number of esters is 1. The zero-order valence-electron chi connectivity index (χ0n) is 8.94. The second kappa shape index (κ2) is 5.47. The Morgan fingerprint density at radius 1 is 1.13 bits per heavy atom. The number of carbonyl (C=O) groups is 1. The first-order valence-electron chi connectivity index (χ1n) is 5.76. The SMILES string of the molecule is O=C(OCC1CCCCO1)C1CCCO1. The number of rotatable bonds is 3. The van der Waals surface area contributed by atoms with E-state index in [0.29, 0.717) is 13.2 Å². The highest BCUT2D eigenvalue weighted by atomic mass is 16.6. The summed E-state index contributed by atoms with van der Waals surface area (Å²) in [5.74, 6) is -0.221. The van der Waals surface area contributed by atoms with Crippen LogP contribution in [0.15, 0.2) is 0 Å². The molecule has 2 atom stereocenters. The van der Waals surface area contributed by atoms with Crippen LogP contribution in [0.4, 0.5) is 0 Å². The van der Waals surface area contributed by atoms with Gasteiger partial charge >= 0.3 is 5.97 Å². The minimum Gasteiger partial charge on any atom is -0.461 e. The molecule has 15 heavy (non-hydrogen) atoms. The molecule has 2 fully saturated rings. The molecule has 4 heteroatoms. The van der Waals surface area contributed by atoms with Crippen molar-refractivity contribution in [1.82, 2.24) is 0 Å². The molecule has 0 aromatic carbocycles. The van der Waals surface area contributed by atoms with E-state index in [1.165, 1.54) is 6.42 Å². The monoisotopic (exact) mass is 214 g/mol. The summed E-state index contributed by atoms with van der Waals surface area (Å²) in [6, 6.07) is 0. The normalized spacial score (nSPS) is 31.5. The fourth-order valence-electron chi connectivity index (χ4n) is 1.97. The summed E-state index contributed by atoms with van der Waals surface area (Å²) < 4.78 is 15.9. The van der Waals surface area contributed by atoms with Gasteiger partial charge in [-0.2, -0.15) is 0 Å². The van der Waals surface area contributed by atoms with E-state index < -0.39 is 0 Å². The Morgan fingerprint density at radius 3 is 2.67 bits per heavy atom. The van der Waals surface area contributed by atoms with E-state index in [0.717, 1.165) is 32.3 Å². The topological polar surface area (TPSA) is 44.8 Å². The predicted molar refractivity (Wildman–Crippen MR) is 53.5 cm³/mol. The Labute approximate surface area is 89.9 Å². The van der Waals surface area contributed by atoms with Crippen LogP contribution in [0.25, 0.3) is 0 Å². The summed E-state index contributed by atoms with van der Waals surface area (Å²) in [6.07, 6.45) is 4.82. The van der Waals surface area contributed by atoms with E-state index >= 15 is 0 Å². The molecule has 4 nitrogen and oxygen atoms in total. The molecule has 86 valence electrons. The van der Waals surface area contributed by atoms with Gasteiger partial charge in [-0.25, -0.2) is 4.79 Å². The standard InChI is InChI=1S/C11H18O4/c12-11(10-5-3-7-14-10)15-8-9-4-1-2-6-13-9/h9-10H,1-8H2. The zero-order valence-corrected chi connectivity index (χ0v) is 8.94. The molecule has 0 aliphatic carbocycles. The molecule has 2 rings (SSSR count). The fraction of sp³-hybridized carbons (Fsp3) is 0.909. The molecule has 0 N–H and O–H groups in total. The van der Waals surface area contributed by atoms with Crippen LogP contribution in [0.5, 0.6) is 0 Å². The van der Waals surface area contributed by atoms with Crippen molar-refractivity contribution in [3.63, 3.8) is 0 Å². The summed E-state index contributed by atoms with van der Waals surface area (Å²) >= 11 is 0. The van der Waals surface area contributed by atoms with Crippen LogP contribution in [0.1, 0.15) is 32.1 Å². The lowest BCUT2D eigenvalue weighted by Crippen LogP contribution is -2.29. The van der Waals surface area contributed by atoms with Crippen molar-refractivity contribution in [3.05, 3.63) is 0 Å². The summed E-state index contributed by atoms with van der Waals surface area (Å²) in [5, 5.41) is 0. The molecule has 0 saturated carbocycles. The van der Waals surface area contributed by atoms with Gasteiger partial charge in [0.1, 0.15) is 6.61 Å². The first kappa shape index (κ1) is 10.9. The lowest BCUT2D eigenvalue weighted by Gasteiger charge is -2.22. The third-order valence-electron chi connectivity index (χ3n) is 2.88. The second-order valence-corrected chi connectivity index (χ2v) is 4.12. The number of hydrogen-bond donors (Lipinski definition) is 0. The molecule has 2 unspecified atom stereocenters. The maximum Gasteiger partial charge on any atom is 0.335 e. The van der Waals surface area contributed by atoms with Gasteiger partial charge in [-0.1, -0.05) is 0 Å². The molecular weight excluding hydrogens is 196 g/mol. The van der Waals surface area contributed by atoms with E-state index in [-0.39, 0.29) is 18.2 Å². The molecule has 0 amide bonds. The van der Waals surface area contributed by atoms with Crippen molar-refractivity contribution in [2.75, 3.05) is 19.8 Å². The van der Waals surface area contributed by atoms with Crippen molar-refractivity contribution >= 4 is 5.97 Å². The van der Waals surface area contributed by atoms with Crippen LogP contribution in [-0.4, -0.2) is 38.0 Å². The molecule has 0 aromatic rings.